The molecule has 1 aromatic carbocycles. The lowest BCUT2D eigenvalue weighted by atomic mass is 10.1. The van der Waals surface area contributed by atoms with Crippen molar-refractivity contribution in [2.24, 2.45) is 0 Å². The normalized spacial score (nSPS) is 25.6. The second-order valence-corrected chi connectivity index (χ2v) is 5.37. The van der Waals surface area contributed by atoms with Gasteiger partial charge in [-0.3, -0.25) is 4.90 Å². The van der Waals surface area contributed by atoms with E-state index in [-0.39, 0.29) is 24.6 Å². The minimum absolute atomic E-state index is 0.00723. The Bertz CT molecular complexity index is 429. The van der Waals surface area contributed by atoms with E-state index in [2.05, 4.69) is 4.90 Å². The molecule has 1 heterocycles. The summed E-state index contributed by atoms with van der Waals surface area (Å²) in [6.07, 6.45) is -0.220. The summed E-state index contributed by atoms with van der Waals surface area (Å²) in [5, 5.41) is 19.3. The van der Waals surface area contributed by atoms with Crippen LogP contribution in [0.15, 0.2) is 24.3 Å². The summed E-state index contributed by atoms with van der Waals surface area (Å²) in [4.78, 5) is 2.16. The fraction of sp³-hybridized carbons (Fsp3) is 0.600. The van der Waals surface area contributed by atoms with Gasteiger partial charge in [0, 0.05) is 19.6 Å². The molecule has 5 heteroatoms. The number of ether oxygens (including phenoxy) is 1. The summed E-state index contributed by atoms with van der Waals surface area (Å²) < 4.78 is 18.7. The van der Waals surface area contributed by atoms with E-state index in [4.69, 9.17) is 9.84 Å². The van der Waals surface area contributed by atoms with Crippen molar-refractivity contribution in [2.75, 3.05) is 26.2 Å². The van der Waals surface area contributed by atoms with Crippen LogP contribution in [0.4, 0.5) is 4.39 Å². The zero-order chi connectivity index (χ0) is 14.5. The second kappa shape index (κ2) is 7.13. The molecule has 1 aliphatic rings. The second-order valence-electron chi connectivity index (χ2n) is 5.37. The molecule has 3 unspecified atom stereocenters. The van der Waals surface area contributed by atoms with Crippen molar-refractivity contribution < 1.29 is 19.3 Å². The molecule has 112 valence electrons. The van der Waals surface area contributed by atoms with Crippen LogP contribution in [0.1, 0.15) is 25.0 Å². The largest absolute Gasteiger partial charge is 0.394 e. The molecule has 1 fully saturated rings. The number of morpholine rings is 1. The van der Waals surface area contributed by atoms with E-state index in [9.17, 15) is 9.50 Å². The highest BCUT2D eigenvalue weighted by atomic mass is 19.1. The maximum Gasteiger partial charge on any atom is 0.123 e. The average Bonchev–Trinajstić information content (AvgIpc) is 2.44. The molecule has 0 aromatic heterocycles. The van der Waals surface area contributed by atoms with Crippen molar-refractivity contribution in [3.63, 3.8) is 0 Å². The van der Waals surface area contributed by atoms with Gasteiger partial charge in [0.25, 0.3) is 0 Å². The van der Waals surface area contributed by atoms with Gasteiger partial charge in [-0.25, -0.2) is 4.39 Å². The van der Waals surface area contributed by atoms with Gasteiger partial charge >= 0.3 is 0 Å². The number of rotatable bonds is 5. The Kier molecular flexibility index (Phi) is 5.48. The molecule has 1 saturated heterocycles. The van der Waals surface area contributed by atoms with Crippen LogP contribution < -0.4 is 0 Å². The lowest BCUT2D eigenvalue weighted by Crippen LogP contribution is -2.48. The summed E-state index contributed by atoms with van der Waals surface area (Å²) in [6.45, 7) is 4.12. The number of aliphatic hydroxyl groups excluding tert-OH is 2. The Balaban J connectivity index is 1.85. The van der Waals surface area contributed by atoms with Gasteiger partial charge in [0.05, 0.1) is 24.9 Å². The third-order valence-corrected chi connectivity index (χ3v) is 3.56. The molecule has 1 aromatic rings. The molecule has 0 amide bonds. The van der Waals surface area contributed by atoms with Crippen molar-refractivity contribution in [3.05, 3.63) is 35.6 Å². The molecule has 0 saturated carbocycles. The van der Waals surface area contributed by atoms with Crippen LogP contribution in [0.25, 0.3) is 0 Å². The van der Waals surface area contributed by atoms with E-state index in [1.807, 2.05) is 6.92 Å². The van der Waals surface area contributed by atoms with Gasteiger partial charge in [0.1, 0.15) is 5.82 Å². The van der Waals surface area contributed by atoms with Gasteiger partial charge in [0.15, 0.2) is 0 Å². The molecule has 0 spiro atoms. The van der Waals surface area contributed by atoms with Gasteiger partial charge in [-0.05, 0) is 31.0 Å². The highest BCUT2D eigenvalue weighted by Crippen LogP contribution is 2.19. The number of nitrogens with zero attached hydrogens (tertiary/aromatic N) is 1. The quantitative estimate of drug-likeness (QED) is 0.856. The first-order chi connectivity index (χ1) is 9.58. The smallest absolute Gasteiger partial charge is 0.123 e. The van der Waals surface area contributed by atoms with Crippen molar-refractivity contribution in [3.8, 4) is 0 Å². The molecular formula is C15H22FNO3. The molecule has 2 N–H and O–H groups in total. The fourth-order valence-electron chi connectivity index (χ4n) is 2.61. The molecule has 20 heavy (non-hydrogen) atoms. The van der Waals surface area contributed by atoms with E-state index in [0.717, 1.165) is 6.54 Å². The van der Waals surface area contributed by atoms with E-state index < -0.39 is 6.10 Å². The predicted octanol–water partition coefficient (Wildman–Crippen LogP) is 1.33. The molecule has 0 bridgehead atoms. The number of hydrogen-bond acceptors (Lipinski definition) is 4. The Hall–Kier alpha value is -1.01. The zero-order valence-electron chi connectivity index (χ0n) is 11.7. The van der Waals surface area contributed by atoms with Crippen molar-refractivity contribution in [1.29, 1.82) is 0 Å². The first-order valence-corrected chi connectivity index (χ1v) is 7.00. The first kappa shape index (κ1) is 15.4. The van der Waals surface area contributed by atoms with E-state index >= 15 is 0 Å². The van der Waals surface area contributed by atoms with Gasteiger partial charge in [0.2, 0.25) is 0 Å². The molecule has 3 atom stereocenters. The lowest BCUT2D eigenvalue weighted by molar-refractivity contribution is -0.0967. The average molecular weight is 283 g/mol. The van der Waals surface area contributed by atoms with Gasteiger partial charge in [-0.15, -0.1) is 0 Å². The first-order valence-electron chi connectivity index (χ1n) is 7.00. The molecule has 4 nitrogen and oxygen atoms in total. The van der Waals surface area contributed by atoms with Crippen LogP contribution in [0.3, 0.4) is 0 Å². The maximum atomic E-state index is 13.1. The van der Waals surface area contributed by atoms with Crippen LogP contribution in [-0.4, -0.2) is 53.6 Å². The van der Waals surface area contributed by atoms with Gasteiger partial charge in [-0.2, -0.15) is 0 Å². The topological polar surface area (TPSA) is 52.9 Å². The van der Waals surface area contributed by atoms with Crippen LogP contribution in [0.5, 0.6) is 0 Å². The molecule has 0 aliphatic carbocycles. The minimum atomic E-state index is -0.670. The number of benzene rings is 1. The summed E-state index contributed by atoms with van der Waals surface area (Å²) in [5.74, 6) is -0.332. The highest BCUT2D eigenvalue weighted by molar-refractivity contribution is 5.18. The highest BCUT2D eigenvalue weighted by Gasteiger charge is 2.24. The Morgan fingerprint density at radius 1 is 1.45 bits per heavy atom. The summed E-state index contributed by atoms with van der Waals surface area (Å²) >= 11 is 0. The summed E-state index contributed by atoms with van der Waals surface area (Å²) in [7, 11) is 0. The summed E-state index contributed by atoms with van der Waals surface area (Å²) in [5.41, 5.74) is 0.602. The van der Waals surface area contributed by atoms with Crippen LogP contribution in [0.2, 0.25) is 0 Å². The number of halogens is 1. The van der Waals surface area contributed by atoms with Crippen molar-refractivity contribution in [2.45, 2.75) is 31.7 Å². The SMILES string of the molecule is CC1CN(CCC(O)c2cccc(F)c2)CC(CO)O1. The minimum Gasteiger partial charge on any atom is -0.394 e. The molecular weight excluding hydrogens is 261 g/mol. The standard InChI is InChI=1S/C15H22FNO3/c1-11-8-17(9-14(10-18)20-11)6-5-15(19)12-3-2-4-13(16)7-12/h2-4,7,11,14-15,18-19H,5-6,8-10H2,1H3. The van der Waals surface area contributed by atoms with Crippen LogP contribution >= 0.6 is 0 Å². The van der Waals surface area contributed by atoms with E-state index in [1.54, 1.807) is 12.1 Å². The van der Waals surface area contributed by atoms with Gasteiger partial charge in [-0.1, -0.05) is 12.1 Å². The number of hydrogen-bond donors (Lipinski definition) is 2. The van der Waals surface area contributed by atoms with E-state index in [1.165, 1.54) is 12.1 Å². The van der Waals surface area contributed by atoms with E-state index in [0.29, 0.717) is 25.1 Å². The molecule has 1 aliphatic heterocycles. The third kappa shape index (κ3) is 4.24. The molecule has 0 radical (unpaired) electrons. The monoisotopic (exact) mass is 283 g/mol. The number of aliphatic hydroxyl groups is 2. The predicted molar refractivity (Wildman–Crippen MR) is 73.8 cm³/mol. The third-order valence-electron chi connectivity index (χ3n) is 3.56. The van der Waals surface area contributed by atoms with Gasteiger partial charge < -0.3 is 14.9 Å². The Morgan fingerprint density at radius 3 is 2.95 bits per heavy atom. The van der Waals surface area contributed by atoms with Crippen molar-refractivity contribution >= 4 is 0 Å². The van der Waals surface area contributed by atoms with Crippen LogP contribution in [-0.2, 0) is 4.74 Å². The zero-order valence-corrected chi connectivity index (χ0v) is 11.7. The summed E-state index contributed by atoms with van der Waals surface area (Å²) in [6, 6.07) is 6.06. The van der Waals surface area contributed by atoms with Crippen LogP contribution in [0, 0.1) is 5.82 Å². The maximum absolute atomic E-state index is 13.1. The fourth-order valence-corrected chi connectivity index (χ4v) is 2.61. The lowest BCUT2D eigenvalue weighted by Gasteiger charge is -2.36. The van der Waals surface area contributed by atoms with Crippen molar-refractivity contribution in [1.82, 2.24) is 4.90 Å². The molecule has 2 rings (SSSR count). The Morgan fingerprint density at radius 2 is 2.25 bits per heavy atom. The Labute approximate surface area is 118 Å².